The summed E-state index contributed by atoms with van der Waals surface area (Å²) in [5.41, 5.74) is 6.18. The SMILES string of the molecule is COS(=O)(=O)c1cccc2ccccc12.Nc1ccccc1. The van der Waals surface area contributed by atoms with Gasteiger partial charge in [-0.05, 0) is 23.6 Å². The lowest BCUT2D eigenvalue weighted by molar-refractivity contribution is 0.398. The molecule has 22 heavy (non-hydrogen) atoms. The normalized spacial score (nSPS) is 10.8. The van der Waals surface area contributed by atoms with Crippen molar-refractivity contribution < 1.29 is 12.6 Å². The second-order valence-electron chi connectivity index (χ2n) is 4.51. The van der Waals surface area contributed by atoms with Crippen molar-refractivity contribution in [3.8, 4) is 0 Å². The molecule has 2 N–H and O–H groups in total. The maximum Gasteiger partial charge on any atom is 0.297 e. The van der Waals surface area contributed by atoms with Crippen LogP contribution in [-0.2, 0) is 14.3 Å². The molecule has 0 aromatic heterocycles. The largest absolute Gasteiger partial charge is 0.399 e. The first-order chi connectivity index (χ1) is 10.5. The van der Waals surface area contributed by atoms with E-state index in [9.17, 15) is 8.42 Å². The second kappa shape index (κ2) is 7.06. The summed E-state index contributed by atoms with van der Waals surface area (Å²) in [5.74, 6) is 0. The summed E-state index contributed by atoms with van der Waals surface area (Å²) in [5, 5.41) is 1.57. The Kier molecular flexibility index (Phi) is 5.14. The van der Waals surface area contributed by atoms with Crippen LogP contribution in [0.1, 0.15) is 0 Å². The molecule has 0 aliphatic rings. The third kappa shape index (κ3) is 3.84. The van der Waals surface area contributed by atoms with Crippen LogP contribution >= 0.6 is 0 Å². The summed E-state index contributed by atoms with van der Waals surface area (Å²) in [7, 11) is -2.46. The summed E-state index contributed by atoms with van der Waals surface area (Å²) in [6, 6.07) is 21.9. The van der Waals surface area contributed by atoms with Gasteiger partial charge in [-0.2, -0.15) is 8.42 Å². The molecule has 114 valence electrons. The summed E-state index contributed by atoms with van der Waals surface area (Å²) in [4.78, 5) is 0.211. The molecule has 0 spiro atoms. The Morgan fingerprint density at radius 2 is 1.41 bits per heavy atom. The van der Waals surface area contributed by atoms with Crippen molar-refractivity contribution in [1.29, 1.82) is 0 Å². The Morgan fingerprint density at radius 3 is 2.00 bits per heavy atom. The van der Waals surface area contributed by atoms with Gasteiger partial charge in [0, 0.05) is 11.1 Å². The molecule has 3 aromatic rings. The van der Waals surface area contributed by atoms with E-state index in [-0.39, 0.29) is 4.90 Å². The Labute approximate surface area is 130 Å². The van der Waals surface area contributed by atoms with Crippen LogP contribution < -0.4 is 5.73 Å². The number of rotatable bonds is 2. The van der Waals surface area contributed by atoms with E-state index in [1.807, 2.05) is 48.5 Å². The standard InChI is InChI=1S/C11H10O3S.C6H7N/c1-14-15(12,13)11-8-4-6-9-5-2-3-7-10(9)11;7-6-4-2-1-3-5-6/h2-8H,1H3;1-5H,7H2. The van der Waals surface area contributed by atoms with Gasteiger partial charge in [0.15, 0.2) is 0 Å². The van der Waals surface area contributed by atoms with Crippen LogP contribution in [0.25, 0.3) is 10.8 Å². The Bertz CT molecular complexity index is 841. The topological polar surface area (TPSA) is 69.4 Å². The van der Waals surface area contributed by atoms with Crippen LogP contribution in [0.5, 0.6) is 0 Å². The van der Waals surface area contributed by atoms with Gasteiger partial charge in [0.1, 0.15) is 4.90 Å². The van der Waals surface area contributed by atoms with Crippen molar-refractivity contribution >= 4 is 26.6 Å². The molecule has 3 aromatic carbocycles. The van der Waals surface area contributed by atoms with Gasteiger partial charge in [-0.15, -0.1) is 0 Å². The summed E-state index contributed by atoms with van der Waals surface area (Å²) < 4.78 is 27.7. The van der Waals surface area contributed by atoms with Gasteiger partial charge in [-0.25, -0.2) is 0 Å². The molecule has 0 saturated heterocycles. The van der Waals surface area contributed by atoms with Crippen LogP contribution in [0.2, 0.25) is 0 Å². The second-order valence-corrected chi connectivity index (χ2v) is 6.19. The van der Waals surface area contributed by atoms with E-state index in [0.717, 1.165) is 18.2 Å². The zero-order chi connectivity index (χ0) is 16.0. The fraction of sp³-hybridized carbons (Fsp3) is 0.0588. The minimum Gasteiger partial charge on any atom is -0.399 e. The third-order valence-corrected chi connectivity index (χ3v) is 4.37. The molecule has 0 fully saturated rings. The highest BCUT2D eigenvalue weighted by molar-refractivity contribution is 7.87. The van der Waals surface area contributed by atoms with Gasteiger partial charge in [-0.3, -0.25) is 4.18 Å². The van der Waals surface area contributed by atoms with Crippen molar-refractivity contribution in [2.75, 3.05) is 12.8 Å². The van der Waals surface area contributed by atoms with Crippen LogP contribution in [0.15, 0.2) is 77.7 Å². The molecular formula is C17H17NO3S. The fourth-order valence-corrected chi connectivity index (χ4v) is 2.84. The van der Waals surface area contributed by atoms with Crippen molar-refractivity contribution in [3.63, 3.8) is 0 Å². The van der Waals surface area contributed by atoms with Gasteiger partial charge < -0.3 is 5.73 Å². The van der Waals surface area contributed by atoms with Crippen molar-refractivity contribution in [2.24, 2.45) is 0 Å². The van der Waals surface area contributed by atoms with Gasteiger partial charge in [0.25, 0.3) is 10.1 Å². The number of fused-ring (bicyclic) bond motifs is 1. The summed E-state index contributed by atoms with van der Waals surface area (Å²) >= 11 is 0. The highest BCUT2D eigenvalue weighted by Gasteiger charge is 2.15. The molecule has 0 heterocycles. The first-order valence-electron chi connectivity index (χ1n) is 6.63. The quantitative estimate of drug-likeness (QED) is 0.581. The Morgan fingerprint density at radius 1 is 0.818 bits per heavy atom. The van der Waals surface area contributed by atoms with Crippen LogP contribution in [0.4, 0.5) is 5.69 Å². The van der Waals surface area contributed by atoms with Gasteiger partial charge in [-0.1, -0.05) is 54.6 Å². The first kappa shape index (κ1) is 16.0. The molecule has 0 bridgehead atoms. The van der Waals surface area contributed by atoms with E-state index in [0.29, 0.717) is 5.39 Å². The van der Waals surface area contributed by atoms with E-state index in [1.54, 1.807) is 24.3 Å². The number of nitrogens with two attached hydrogens (primary N) is 1. The summed E-state index contributed by atoms with van der Waals surface area (Å²) in [6.45, 7) is 0. The minimum absolute atomic E-state index is 0.211. The monoisotopic (exact) mass is 315 g/mol. The highest BCUT2D eigenvalue weighted by atomic mass is 32.2. The minimum atomic E-state index is -3.62. The van der Waals surface area contributed by atoms with E-state index in [2.05, 4.69) is 4.18 Å². The van der Waals surface area contributed by atoms with Gasteiger partial charge in [0.05, 0.1) is 7.11 Å². The molecule has 0 atom stereocenters. The number of hydrogen-bond acceptors (Lipinski definition) is 4. The predicted molar refractivity (Wildman–Crippen MR) is 89.0 cm³/mol. The van der Waals surface area contributed by atoms with E-state index < -0.39 is 10.1 Å². The smallest absolute Gasteiger partial charge is 0.297 e. The van der Waals surface area contributed by atoms with Crippen LogP contribution in [-0.4, -0.2) is 15.5 Å². The lowest BCUT2D eigenvalue weighted by Gasteiger charge is -2.05. The number of para-hydroxylation sites is 1. The van der Waals surface area contributed by atoms with Crippen LogP contribution in [0, 0.1) is 0 Å². The Hall–Kier alpha value is -2.37. The highest BCUT2D eigenvalue weighted by Crippen LogP contribution is 2.23. The van der Waals surface area contributed by atoms with Crippen molar-refractivity contribution in [3.05, 3.63) is 72.8 Å². The molecule has 0 aliphatic carbocycles. The van der Waals surface area contributed by atoms with Crippen molar-refractivity contribution in [2.45, 2.75) is 4.90 Å². The predicted octanol–water partition coefficient (Wildman–Crippen LogP) is 3.44. The molecule has 0 unspecified atom stereocenters. The number of nitrogen functional groups attached to an aromatic ring is 1. The molecular weight excluding hydrogens is 298 g/mol. The molecule has 3 rings (SSSR count). The number of hydrogen-bond donors (Lipinski definition) is 1. The van der Waals surface area contributed by atoms with E-state index in [4.69, 9.17) is 5.73 Å². The zero-order valence-electron chi connectivity index (χ0n) is 12.1. The molecule has 0 amide bonds. The molecule has 5 heteroatoms. The number of benzene rings is 3. The number of anilines is 1. The van der Waals surface area contributed by atoms with Crippen LogP contribution in [0.3, 0.4) is 0 Å². The lowest BCUT2D eigenvalue weighted by Crippen LogP contribution is -2.03. The Balaban J connectivity index is 0.000000211. The van der Waals surface area contributed by atoms with Crippen molar-refractivity contribution in [1.82, 2.24) is 0 Å². The fourth-order valence-electron chi connectivity index (χ4n) is 1.96. The lowest BCUT2D eigenvalue weighted by atomic mass is 10.1. The molecule has 4 nitrogen and oxygen atoms in total. The average Bonchev–Trinajstić information content (AvgIpc) is 2.55. The average molecular weight is 315 g/mol. The zero-order valence-corrected chi connectivity index (χ0v) is 13.0. The maximum absolute atomic E-state index is 11.6. The summed E-state index contributed by atoms with van der Waals surface area (Å²) in [6.07, 6.45) is 0. The maximum atomic E-state index is 11.6. The molecule has 0 aliphatic heterocycles. The van der Waals surface area contributed by atoms with Gasteiger partial charge >= 0.3 is 0 Å². The van der Waals surface area contributed by atoms with Gasteiger partial charge in [0.2, 0.25) is 0 Å². The molecule has 0 radical (unpaired) electrons. The van der Waals surface area contributed by atoms with E-state index in [1.165, 1.54) is 0 Å². The molecule has 0 saturated carbocycles. The third-order valence-electron chi connectivity index (χ3n) is 3.04. The first-order valence-corrected chi connectivity index (χ1v) is 8.04. The van der Waals surface area contributed by atoms with E-state index >= 15 is 0 Å².